The van der Waals surface area contributed by atoms with Crippen LogP contribution in [-0.4, -0.2) is 21.5 Å². The van der Waals surface area contributed by atoms with E-state index in [-0.39, 0.29) is 18.0 Å². The van der Waals surface area contributed by atoms with E-state index in [0.29, 0.717) is 6.04 Å². The van der Waals surface area contributed by atoms with E-state index in [2.05, 4.69) is 10.3 Å². The fourth-order valence-corrected chi connectivity index (χ4v) is 3.24. The SMILES string of the molecule is O=C(Cn1cnc2c(c1=O)CCCC2)NC1CCCC1. The monoisotopic (exact) mass is 275 g/mol. The first kappa shape index (κ1) is 13.3. The van der Waals surface area contributed by atoms with Gasteiger partial charge in [-0.3, -0.25) is 14.2 Å². The zero-order chi connectivity index (χ0) is 13.9. The lowest BCUT2D eigenvalue weighted by molar-refractivity contribution is -0.122. The van der Waals surface area contributed by atoms with Crippen molar-refractivity contribution in [2.45, 2.75) is 64.0 Å². The summed E-state index contributed by atoms with van der Waals surface area (Å²) in [6, 6.07) is 0.295. The Morgan fingerprint density at radius 1 is 1.25 bits per heavy atom. The molecule has 1 N–H and O–H groups in total. The summed E-state index contributed by atoms with van der Waals surface area (Å²) in [6.45, 7) is 0.0929. The van der Waals surface area contributed by atoms with Gasteiger partial charge in [0.2, 0.25) is 5.91 Å². The average Bonchev–Trinajstić information content (AvgIpc) is 2.95. The smallest absolute Gasteiger partial charge is 0.257 e. The van der Waals surface area contributed by atoms with Gasteiger partial charge in [0.15, 0.2) is 0 Å². The molecule has 0 aliphatic heterocycles. The van der Waals surface area contributed by atoms with Crippen LogP contribution in [0.25, 0.3) is 0 Å². The highest BCUT2D eigenvalue weighted by molar-refractivity contribution is 5.76. The van der Waals surface area contributed by atoms with Gasteiger partial charge in [-0.15, -0.1) is 0 Å². The van der Waals surface area contributed by atoms with E-state index in [1.165, 1.54) is 23.7 Å². The first-order chi connectivity index (χ1) is 9.74. The fraction of sp³-hybridized carbons (Fsp3) is 0.667. The van der Waals surface area contributed by atoms with E-state index in [1.54, 1.807) is 0 Å². The molecule has 0 atom stereocenters. The molecule has 1 saturated carbocycles. The molecule has 5 nitrogen and oxygen atoms in total. The number of nitrogens with zero attached hydrogens (tertiary/aromatic N) is 2. The molecule has 0 aromatic carbocycles. The van der Waals surface area contributed by atoms with Gasteiger partial charge >= 0.3 is 0 Å². The van der Waals surface area contributed by atoms with Crippen molar-refractivity contribution in [1.82, 2.24) is 14.9 Å². The van der Waals surface area contributed by atoms with Crippen molar-refractivity contribution in [1.29, 1.82) is 0 Å². The number of carbonyl (C=O) groups is 1. The summed E-state index contributed by atoms with van der Waals surface area (Å²) in [5.74, 6) is -0.0726. The standard InChI is InChI=1S/C15H21N3O2/c19-14(17-11-5-1-2-6-11)9-18-10-16-13-8-4-3-7-12(13)15(18)20/h10-11H,1-9H2,(H,17,19). The van der Waals surface area contributed by atoms with Crippen LogP contribution in [0, 0.1) is 0 Å². The fourth-order valence-electron chi connectivity index (χ4n) is 3.24. The third-order valence-corrected chi connectivity index (χ3v) is 4.34. The Labute approximate surface area is 118 Å². The van der Waals surface area contributed by atoms with E-state index in [0.717, 1.165) is 49.8 Å². The van der Waals surface area contributed by atoms with Gasteiger partial charge in [-0.1, -0.05) is 12.8 Å². The molecule has 2 aliphatic rings. The molecule has 1 aromatic heterocycles. The summed E-state index contributed by atoms with van der Waals surface area (Å²) in [4.78, 5) is 28.7. The summed E-state index contributed by atoms with van der Waals surface area (Å²) < 4.78 is 1.45. The first-order valence-corrected chi connectivity index (χ1v) is 7.60. The van der Waals surface area contributed by atoms with Gasteiger partial charge in [0, 0.05) is 11.6 Å². The van der Waals surface area contributed by atoms with Gasteiger partial charge in [-0.2, -0.15) is 0 Å². The third-order valence-electron chi connectivity index (χ3n) is 4.34. The Morgan fingerprint density at radius 2 is 2.00 bits per heavy atom. The number of nitrogens with one attached hydrogen (secondary N) is 1. The second kappa shape index (κ2) is 5.77. The second-order valence-corrected chi connectivity index (χ2v) is 5.86. The maximum atomic E-state index is 12.3. The molecule has 1 fully saturated rings. The number of carbonyl (C=O) groups excluding carboxylic acids is 1. The van der Waals surface area contributed by atoms with Crippen LogP contribution < -0.4 is 10.9 Å². The molecule has 108 valence electrons. The molecule has 0 spiro atoms. The summed E-state index contributed by atoms with van der Waals surface area (Å²) in [6.07, 6.45) is 9.85. The molecule has 20 heavy (non-hydrogen) atoms. The van der Waals surface area contributed by atoms with E-state index in [1.807, 2.05) is 0 Å². The van der Waals surface area contributed by atoms with Crippen molar-refractivity contribution in [2.75, 3.05) is 0 Å². The Morgan fingerprint density at radius 3 is 2.80 bits per heavy atom. The highest BCUT2D eigenvalue weighted by Crippen LogP contribution is 2.17. The summed E-state index contributed by atoms with van der Waals surface area (Å²) >= 11 is 0. The summed E-state index contributed by atoms with van der Waals surface area (Å²) in [5, 5.41) is 3.01. The van der Waals surface area contributed by atoms with Gasteiger partial charge in [0.1, 0.15) is 6.54 Å². The first-order valence-electron chi connectivity index (χ1n) is 7.60. The molecule has 0 radical (unpaired) electrons. The molecule has 1 amide bonds. The zero-order valence-corrected chi connectivity index (χ0v) is 11.7. The zero-order valence-electron chi connectivity index (χ0n) is 11.7. The number of hydrogen-bond donors (Lipinski definition) is 1. The number of rotatable bonds is 3. The largest absolute Gasteiger partial charge is 0.352 e. The van der Waals surface area contributed by atoms with Crippen LogP contribution in [0.2, 0.25) is 0 Å². The van der Waals surface area contributed by atoms with Crippen molar-refractivity contribution >= 4 is 5.91 Å². The van der Waals surface area contributed by atoms with E-state index < -0.39 is 0 Å². The van der Waals surface area contributed by atoms with Gasteiger partial charge in [0.05, 0.1) is 12.0 Å². The van der Waals surface area contributed by atoms with Gasteiger partial charge in [-0.05, 0) is 38.5 Å². The molecule has 0 bridgehead atoms. The van der Waals surface area contributed by atoms with Crippen molar-refractivity contribution in [2.24, 2.45) is 0 Å². The van der Waals surface area contributed by atoms with Gasteiger partial charge in [-0.25, -0.2) is 4.98 Å². The number of aromatic nitrogens is 2. The van der Waals surface area contributed by atoms with Crippen LogP contribution in [-0.2, 0) is 24.2 Å². The molecule has 0 saturated heterocycles. The Hall–Kier alpha value is -1.65. The Balaban J connectivity index is 1.70. The highest BCUT2D eigenvalue weighted by atomic mass is 16.2. The quantitative estimate of drug-likeness (QED) is 0.901. The lowest BCUT2D eigenvalue weighted by atomic mass is 9.97. The van der Waals surface area contributed by atoms with Crippen molar-refractivity contribution in [3.05, 3.63) is 27.9 Å². The molecular weight excluding hydrogens is 254 g/mol. The normalized spacial score (nSPS) is 18.8. The Bertz CT molecular complexity index is 559. The minimum atomic E-state index is -0.0726. The Kier molecular flexibility index (Phi) is 3.85. The summed E-state index contributed by atoms with van der Waals surface area (Å²) in [7, 11) is 0. The van der Waals surface area contributed by atoms with Crippen molar-refractivity contribution in [3.63, 3.8) is 0 Å². The van der Waals surface area contributed by atoms with Gasteiger partial charge < -0.3 is 5.32 Å². The van der Waals surface area contributed by atoms with Crippen LogP contribution >= 0.6 is 0 Å². The molecule has 0 unspecified atom stereocenters. The maximum Gasteiger partial charge on any atom is 0.257 e. The minimum Gasteiger partial charge on any atom is -0.352 e. The lowest BCUT2D eigenvalue weighted by Crippen LogP contribution is -2.38. The number of hydrogen-bond acceptors (Lipinski definition) is 3. The van der Waals surface area contributed by atoms with Gasteiger partial charge in [0.25, 0.3) is 5.56 Å². The molecule has 5 heteroatoms. The van der Waals surface area contributed by atoms with E-state index in [4.69, 9.17) is 0 Å². The van der Waals surface area contributed by atoms with Crippen molar-refractivity contribution < 1.29 is 4.79 Å². The molecule has 2 aliphatic carbocycles. The predicted octanol–water partition coefficient (Wildman–Crippen LogP) is 1.18. The lowest BCUT2D eigenvalue weighted by Gasteiger charge is -2.16. The topological polar surface area (TPSA) is 64.0 Å². The number of fused-ring (bicyclic) bond motifs is 1. The number of amides is 1. The number of aryl methyl sites for hydroxylation is 1. The van der Waals surface area contributed by atoms with E-state index >= 15 is 0 Å². The van der Waals surface area contributed by atoms with E-state index in [9.17, 15) is 9.59 Å². The molecule has 3 rings (SSSR count). The predicted molar refractivity (Wildman–Crippen MR) is 75.5 cm³/mol. The van der Waals surface area contributed by atoms with Crippen LogP contribution in [0.4, 0.5) is 0 Å². The average molecular weight is 275 g/mol. The summed E-state index contributed by atoms with van der Waals surface area (Å²) in [5.41, 5.74) is 1.71. The van der Waals surface area contributed by atoms with Crippen molar-refractivity contribution in [3.8, 4) is 0 Å². The van der Waals surface area contributed by atoms with Crippen LogP contribution in [0.1, 0.15) is 49.8 Å². The third kappa shape index (κ3) is 2.76. The van der Waals surface area contributed by atoms with Crippen LogP contribution in [0.15, 0.2) is 11.1 Å². The van der Waals surface area contributed by atoms with Crippen LogP contribution in [0.3, 0.4) is 0 Å². The molecule has 1 aromatic rings. The molecule has 1 heterocycles. The maximum absolute atomic E-state index is 12.3. The van der Waals surface area contributed by atoms with Crippen LogP contribution in [0.5, 0.6) is 0 Å². The molecular formula is C15H21N3O2. The highest BCUT2D eigenvalue weighted by Gasteiger charge is 2.19. The second-order valence-electron chi connectivity index (χ2n) is 5.86. The minimum absolute atomic E-state index is 0.0312.